The second-order valence-electron chi connectivity index (χ2n) is 4.82. The van der Waals surface area contributed by atoms with Gasteiger partial charge in [0.05, 0.1) is 0 Å². The minimum absolute atomic E-state index is 0. The normalized spacial score (nSPS) is 17.1. The minimum Gasteiger partial charge on any atom is -0.343 e. The maximum absolute atomic E-state index is 11.8. The van der Waals surface area contributed by atoms with Gasteiger partial charge in [-0.15, -0.1) is 0 Å². The van der Waals surface area contributed by atoms with Crippen LogP contribution in [-0.2, 0) is 4.79 Å². The number of carbonyl (C=O) groups excluding carboxylic acids is 1. The van der Waals surface area contributed by atoms with Crippen LogP contribution >= 0.6 is 0 Å². The Morgan fingerprint density at radius 3 is 2.53 bits per heavy atom. The lowest BCUT2D eigenvalue weighted by Crippen LogP contribution is -2.37. The number of likely N-dealkylation sites (tertiary alicyclic amines) is 1. The monoisotopic (exact) mass is 232 g/mol. The molecule has 1 heterocycles. The van der Waals surface area contributed by atoms with E-state index in [1.165, 1.54) is 5.56 Å². The molecule has 1 aliphatic heterocycles. The second kappa shape index (κ2) is 5.85. The predicted octanol–water partition coefficient (Wildman–Crippen LogP) is 3.31. The molecule has 0 atom stereocenters. The van der Waals surface area contributed by atoms with Crippen molar-refractivity contribution in [1.29, 1.82) is 0 Å². The highest BCUT2D eigenvalue weighted by atomic mass is 16.2. The molecule has 0 radical (unpaired) electrons. The molecule has 0 aromatic heterocycles. The Balaban J connectivity index is 0.00000162. The van der Waals surface area contributed by atoms with Crippen molar-refractivity contribution in [2.45, 2.75) is 38.5 Å². The lowest BCUT2D eigenvalue weighted by atomic mass is 9.89. The molecule has 0 N–H and O–H groups in total. The molecule has 2 heteroatoms. The SMILES string of the molecule is CCCC(=O)N1CCC(c2ccccc2)CC1.[H+]. The van der Waals surface area contributed by atoms with Gasteiger partial charge in [0.1, 0.15) is 0 Å². The first-order chi connectivity index (χ1) is 8.31. The molecule has 1 aliphatic rings. The zero-order valence-corrected chi connectivity index (χ0v) is 10.6. The highest BCUT2D eigenvalue weighted by Gasteiger charge is 2.22. The highest BCUT2D eigenvalue weighted by Crippen LogP contribution is 2.27. The third-order valence-electron chi connectivity index (χ3n) is 3.58. The van der Waals surface area contributed by atoms with Crippen LogP contribution in [-0.4, -0.2) is 23.9 Å². The summed E-state index contributed by atoms with van der Waals surface area (Å²) in [5.74, 6) is 0.973. The van der Waals surface area contributed by atoms with Gasteiger partial charge in [-0.25, -0.2) is 0 Å². The van der Waals surface area contributed by atoms with Gasteiger partial charge >= 0.3 is 1.43 Å². The van der Waals surface area contributed by atoms with Gasteiger partial charge in [-0.2, -0.15) is 0 Å². The van der Waals surface area contributed by atoms with Crippen LogP contribution in [0.15, 0.2) is 30.3 Å². The highest BCUT2D eigenvalue weighted by molar-refractivity contribution is 5.76. The largest absolute Gasteiger partial charge is 1.00 e. The molecule has 0 saturated carbocycles. The van der Waals surface area contributed by atoms with Crippen LogP contribution in [0.4, 0.5) is 0 Å². The summed E-state index contributed by atoms with van der Waals surface area (Å²) in [5, 5.41) is 0. The topological polar surface area (TPSA) is 20.3 Å². The summed E-state index contributed by atoms with van der Waals surface area (Å²) in [6.45, 7) is 3.92. The van der Waals surface area contributed by atoms with Gasteiger partial charge in [0, 0.05) is 19.5 Å². The van der Waals surface area contributed by atoms with E-state index in [4.69, 9.17) is 0 Å². The number of benzene rings is 1. The molecule has 0 spiro atoms. The summed E-state index contributed by atoms with van der Waals surface area (Å²) in [6, 6.07) is 10.7. The van der Waals surface area contributed by atoms with Gasteiger partial charge in [0.2, 0.25) is 5.91 Å². The molecular weight excluding hydrogens is 210 g/mol. The molecule has 1 saturated heterocycles. The molecule has 0 unspecified atom stereocenters. The standard InChI is InChI=1S/C15H21NO/c1-2-6-15(17)16-11-9-14(10-12-16)13-7-4-3-5-8-13/h3-5,7-8,14H,2,6,9-12H2,1H3/p+1. The molecule has 2 nitrogen and oxygen atoms in total. The number of nitrogens with zero attached hydrogens (tertiary/aromatic N) is 1. The predicted molar refractivity (Wildman–Crippen MR) is 71.0 cm³/mol. The van der Waals surface area contributed by atoms with Crippen molar-refractivity contribution in [1.82, 2.24) is 4.90 Å². The van der Waals surface area contributed by atoms with Gasteiger partial charge in [-0.1, -0.05) is 37.3 Å². The number of hydrogen-bond donors (Lipinski definition) is 0. The number of hydrogen-bond acceptors (Lipinski definition) is 1. The first-order valence-electron chi connectivity index (χ1n) is 6.64. The van der Waals surface area contributed by atoms with Crippen LogP contribution in [0.5, 0.6) is 0 Å². The van der Waals surface area contributed by atoms with Crippen molar-refractivity contribution in [3.8, 4) is 0 Å². The van der Waals surface area contributed by atoms with E-state index < -0.39 is 0 Å². The summed E-state index contributed by atoms with van der Waals surface area (Å²) < 4.78 is 0. The molecule has 1 amide bonds. The van der Waals surface area contributed by atoms with E-state index in [9.17, 15) is 4.79 Å². The number of carbonyl (C=O) groups is 1. The molecule has 92 valence electrons. The third-order valence-corrected chi connectivity index (χ3v) is 3.58. The van der Waals surface area contributed by atoms with Crippen molar-refractivity contribution in [3.63, 3.8) is 0 Å². The Hall–Kier alpha value is -1.31. The zero-order valence-electron chi connectivity index (χ0n) is 11.6. The van der Waals surface area contributed by atoms with Gasteiger partial charge < -0.3 is 4.90 Å². The van der Waals surface area contributed by atoms with E-state index in [0.29, 0.717) is 18.2 Å². The van der Waals surface area contributed by atoms with Crippen LogP contribution in [0.3, 0.4) is 0 Å². The van der Waals surface area contributed by atoms with Gasteiger partial charge in [0.25, 0.3) is 0 Å². The molecule has 0 aliphatic carbocycles. The second-order valence-corrected chi connectivity index (χ2v) is 4.82. The summed E-state index contributed by atoms with van der Waals surface area (Å²) in [7, 11) is 0. The molecular formula is C15H22NO+. The Kier molecular flexibility index (Phi) is 4.18. The Morgan fingerprint density at radius 1 is 1.29 bits per heavy atom. The molecule has 0 bridgehead atoms. The van der Waals surface area contributed by atoms with Crippen LogP contribution in [0.2, 0.25) is 0 Å². The average molecular weight is 232 g/mol. The summed E-state index contributed by atoms with van der Waals surface area (Å²) in [6.07, 6.45) is 3.88. The van der Waals surface area contributed by atoms with Gasteiger partial charge in [-0.3, -0.25) is 4.79 Å². The summed E-state index contributed by atoms with van der Waals surface area (Å²) >= 11 is 0. The van der Waals surface area contributed by atoms with Crippen LogP contribution in [0.1, 0.15) is 45.5 Å². The van der Waals surface area contributed by atoms with E-state index in [2.05, 4.69) is 37.3 Å². The van der Waals surface area contributed by atoms with E-state index >= 15 is 0 Å². The quantitative estimate of drug-likeness (QED) is 0.783. The minimum atomic E-state index is 0. The maximum Gasteiger partial charge on any atom is 1.00 e. The number of piperidine rings is 1. The van der Waals surface area contributed by atoms with Crippen LogP contribution in [0, 0.1) is 0 Å². The third kappa shape index (κ3) is 3.09. The Morgan fingerprint density at radius 2 is 1.94 bits per heavy atom. The van der Waals surface area contributed by atoms with Crippen molar-refractivity contribution >= 4 is 5.91 Å². The van der Waals surface area contributed by atoms with E-state index in [0.717, 1.165) is 32.4 Å². The van der Waals surface area contributed by atoms with Crippen molar-refractivity contribution < 1.29 is 6.22 Å². The lowest BCUT2D eigenvalue weighted by molar-refractivity contribution is -0.132. The van der Waals surface area contributed by atoms with E-state index in [-0.39, 0.29) is 1.43 Å². The van der Waals surface area contributed by atoms with Crippen molar-refractivity contribution in [2.24, 2.45) is 0 Å². The zero-order chi connectivity index (χ0) is 12.1. The average Bonchev–Trinajstić information content (AvgIpc) is 2.40. The number of rotatable bonds is 3. The van der Waals surface area contributed by atoms with Gasteiger partial charge in [-0.05, 0) is 30.7 Å². The molecule has 1 aromatic rings. The summed E-state index contributed by atoms with van der Waals surface area (Å²) in [5.41, 5.74) is 1.43. The number of amides is 1. The fourth-order valence-electron chi connectivity index (χ4n) is 2.56. The maximum atomic E-state index is 11.8. The van der Waals surface area contributed by atoms with Crippen LogP contribution in [0.25, 0.3) is 0 Å². The first kappa shape index (κ1) is 12.2. The van der Waals surface area contributed by atoms with Crippen molar-refractivity contribution in [3.05, 3.63) is 35.9 Å². The first-order valence-corrected chi connectivity index (χ1v) is 6.64. The Labute approximate surface area is 105 Å². The molecule has 1 fully saturated rings. The van der Waals surface area contributed by atoms with Crippen molar-refractivity contribution in [2.75, 3.05) is 13.1 Å². The van der Waals surface area contributed by atoms with Gasteiger partial charge in [0.15, 0.2) is 0 Å². The molecule has 2 rings (SSSR count). The van der Waals surface area contributed by atoms with Crippen LogP contribution < -0.4 is 0 Å². The Bertz CT molecular complexity index is 358. The molecule has 17 heavy (non-hydrogen) atoms. The smallest absolute Gasteiger partial charge is 0.343 e. The lowest BCUT2D eigenvalue weighted by Gasteiger charge is -2.32. The fourth-order valence-corrected chi connectivity index (χ4v) is 2.56. The van der Waals surface area contributed by atoms with E-state index in [1.807, 2.05) is 4.90 Å². The fraction of sp³-hybridized carbons (Fsp3) is 0.533. The summed E-state index contributed by atoms with van der Waals surface area (Å²) in [4.78, 5) is 13.8. The molecule has 1 aromatic carbocycles. The van der Waals surface area contributed by atoms with E-state index in [1.54, 1.807) is 0 Å².